The summed E-state index contributed by atoms with van der Waals surface area (Å²) in [5.41, 5.74) is -0.377. The normalized spacial score (nSPS) is 11.9. The van der Waals surface area contributed by atoms with Crippen molar-refractivity contribution in [1.82, 2.24) is 14.7 Å². The Morgan fingerprint density at radius 1 is 1.16 bits per heavy atom. The molecule has 10 nitrogen and oxygen atoms in total. The lowest BCUT2D eigenvalue weighted by Gasteiger charge is -2.19. The fraction of sp³-hybridized carbons (Fsp3) is 0.381. The van der Waals surface area contributed by atoms with Gasteiger partial charge in [0, 0.05) is 5.69 Å². The second kappa shape index (κ2) is 9.41. The summed E-state index contributed by atoms with van der Waals surface area (Å²) in [6, 6.07) is 6.06. The van der Waals surface area contributed by atoms with Crippen LogP contribution in [0, 0.1) is 6.92 Å². The highest BCUT2D eigenvalue weighted by molar-refractivity contribution is 6.00. The average molecular weight is 428 g/mol. The van der Waals surface area contributed by atoms with Gasteiger partial charge in [-0.2, -0.15) is 4.98 Å². The van der Waals surface area contributed by atoms with Gasteiger partial charge < -0.3 is 19.3 Å². The molecular formula is C21H24N4O6. The van der Waals surface area contributed by atoms with Gasteiger partial charge in [-0.3, -0.25) is 14.2 Å². The Morgan fingerprint density at radius 3 is 2.48 bits per heavy atom. The fourth-order valence-corrected chi connectivity index (χ4v) is 3.24. The van der Waals surface area contributed by atoms with Gasteiger partial charge in [-0.15, -0.1) is 0 Å². The second-order valence-corrected chi connectivity index (χ2v) is 6.64. The maximum absolute atomic E-state index is 13.2. The van der Waals surface area contributed by atoms with Gasteiger partial charge in [0.15, 0.2) is 0 Å². The Labute approximate surface area is 178 Å². The summed E-state index contributed by atoms with van der Waals surface area (Å²) < 4.78 is 16.6. The van der Waals surface area contributed by atoms with Crippen LogP contribution in [0.15, 0.2) is 33.6 Å². The smallest absolute Gasteiger partial charge is 0.361 e. The van der Waals surface area contributed by atoms with E-state index in [-0.39, 0.29) is 29.2 Å². The van der Waals surface area contributed by atoms with Crippen molar-refractivity contribution in [2.24, 2.45) is 0 Å². The van der Waals surface area contributed by atoms with Crippen LogP contribution in [0.1, 0.15) is 49.5 Å². The van der Waals surface area contributed by atoms with Crippen LogP contribution in [-0.2, 0) is 9.53 Å². The Balaban J connectivity index is 1.97. The first-order chi connectivity index (χ1) is 14.9. The van der Waals surface area contributed by atoms with Crippen molar-refractivity contribution in [1.29, 1.82) is 0 Å². The van der Waals surface area contributed by atoms with Gasteiger partial charge in [-0.05, 0) is 51.5 Å². The van der Waals surface area contributed by atoms with E-state index < -0.39 is 23.5 Å². The van der Waals surface area contributed by atoms with Crippen LogP contribution in [0.4, 0.5) is 5.69 Å². The van der Waals surface area contributed by atoms with E-state index in [1.165, 1.54) is 4.57 Å². The minimum absolute atomic E-state index is 0.0800. The van der Waals surface area contributed by atoms with E-state index >= 15 is 0 Å². The number of esters is 1. The highest BCUT2D eigenvalue weighted by Crippen LogP contribution is 2.21. The van der Waals surface area contributed by atoms with E-state index in [2.05, 4.69) is 15.5 Å². The summed E-state index contributed by atoms with van der Waals surface area (Å²) in [4.78, 5) is 42.6. The first-order valence-corrected chi connectivity index (χ1v) is 10.0. The molecule has 2 heterocycles. The van der Waals surface area contributed by atoms with Crippen molar-refractivity contribution < 1.29 is 23.6 Å². The Bertz CT molecular complexity index is 1150. The molecule has 0 aliphatic heterocycles. The van der Waals surface area contributed by atoms with Crippen molar-refractivity contribution in [3.8, 4) is 5.75 Å². The van der Waals surface area contributed by atoms with Gasteiger partial charge in [0.2, 0.25) is 11.6 Å². The molecule has 0 saturated heterocycles. The van der Waals surface area contributed by atoms with Gasteiger partial charge in [-0.25, -0.2) is 4.79 Å². The SMILES string of the molecule is CCOC(=O)c1noc2nc(C)n([C@H](CC)C(=O)Nc3ccc(OCC)cc3)c(=O)c12. The molecule has 0 bridgehead atoms. The van der Waals surface area contributed by atoms with Gasteiger partial charge in [0.05, 0.1) is 13.2 Å². The van der Waals surface area contributed by atoms with Crippen molar-refractivity contribution >= 4 is 28.7 Å². The molecule has 0 aliphatic carbocycles. The number of carbonyl (C=O) groups excluding carboxylic acids is 2. The second-order valence-electron chi connectivity index (χ2n) is 6.64. The van der Waals surface area contributed by atoms with E-state index in [9.17, 15) is 14.4 Å². The molecule has 164 valence electrons. The molecule has 1 aromatic carbocycles. The largest absolute Gasteiger partial charge is 0.494 e. The quantitative estimate of drug-likeness (QED) is 0.543. The lowest BCUT2D eigenvalue weighted by molar-refractivity contribution is -0.119. The van der Waals surface area contributed by atoms with Crippen LogP contribution in [0.2, 0.25) is 0 Å². The lowest BCUT2D eigenvalue weighted by atomic mass is 10.1. The number of aryl methyl sites for hydroxylation is 1. The molecule has 0 spiro atoms. The highest BCUT2D eigenvalue weighted by atomic mass is 16.5. The molecule has 0 radical (unpaired) electrons. The number of aromatic nitrogens is 3. The van der Waals surface area contributed by atoms with E-state index in [1.54, 1.807) is 45.0 Å². The summed E-state index contributed by atoms with van der Waals surface area (Å²) in [5, 5.41) is 6.33. The zero-order valence-corrected chi connectivity index (χ0v) is 17.8. The van der Waals surface area contributed by atoms with E-state index in [4.69, 9.17) is 14.0 Å². The predicted octanol–water partition coefficient (Wildman–Crippen LogP) is 2.86. The molecule has 0 fully saturated rings. The molecule has 0 saturated carbocycles. The van der Waals surface area contributed by atoms with Crippen molar-refractivity contribution in [2.75, 3.05) is 18.5 Å². The molecule has 2 aromatic heterocycles. The third kappa shape index (κ3) is 4.42. The van der Waals surface area contributed by atoms with Crippen LogP contribution < -0.4 is 15.6 Å². The number of nitrogens with one attached hydrogen (secondary N) is 1. The zero-order chi connectivity index (χ0) is 22.5. The number of carbonyl (C=O) groups is 2. The molecular weight excluding hydrogens is 404 g/mol. The zero-order valence-electron chi connectivity index (χ0n) is 17.8. The van der Waals surface area contributed by atoms with Crippen molar-refractivity contribution in [3.05, 3.63) is 46.1 Å². The predicted molar refractivity (Wildman–Crippen MR) is 112 cm³/mol. The van der Waals surface area contributed by atoms with Crippen molar-refractivity contribution in [2.45, 2.75) is 40.2 Å². The summed E-state index contributed by atoms with van der Waals surface area (Å²) in [6.07, 6.45) is 0.316. The number of hydrogen-bond donors (Lipinski definition) is 1. The number of nitrogens with zero attached hydrogens (tertiary/aromatic N) is 3. The molecule has 1 N–H and O–H groups in total. The van der Waals surface area contributed by atoms with Crippen LogP contribution >= 0.6 is 0 Å². The number of rotatable bonds is 8. The number of amides is 1. The number of benzene rings is 1. The van der Waals surface area contributed by atoms with Crippen LogP contribution in [0.3, 0.4) is 0 Å². The first-order valence-electron chi connectivity index (χ1n) is 10.0. The standard InChI is InChI=1S/C21H24N4O6/c1-5-15(18(26)23-13-8-10-14(11-9-13)29-6-2)25-12(4)22-19-16(20(25)27)17(24-31-19)21(28)30-7-3/h8-11,15H,5-7H2,1-4H3,(H,23,26)/t15-/m1/s1. The summed E-state index contributed by atoms with van der Waals surface area (Å²) >= 11 is 0. The van der Waals surface area contributed by atoms with E-state index in [0.29, 0.717) is 24.5 Å². The van der Waals surface area contributed by atoms with Gasteiger partial charge in [0.25, 0.3) is 11.3 Å². The average Bonchev–Trinajstić information content (AvgIpc) is 3.17. The molecule has 0 aliphatic rings. The van der Waals surface area contributed by atoms with Crippen LogP contribution in [0.5, 0.6) is 5.75 Å². The third-order valence-electron chi connectivity index (χ3n) is 4.62. The molecule has 1 atom stereocenters. The summed E-state index contributed by atoms with van der Waals surface area (Å²) in [5.74, 6) is -0.236. The number of anilines is 1. The summed E-state index contributed by atoms with van der Waals surface area (Å²) in [7, 11) is 0. The summed E-state index contributed by atoms with van der Waals surface area (Å²) in [6.45, 7) is 7.54. The minimum atomic E-state index is -0.860. The van der Waals surface area contributed by atoms with Crippen LogP contribution in [-0.4, -0.2) is 39.8 Å². The maximum Gasteiger partial charge on any atom is 0.361 e. The van der Waals surface area contributed by atoms with E-state index in [1.807, 2.05) is 6.92 Å². The fourth-order valence-electron chi connectivity index (χ4n) is 3.24. The van der Waals surface area contributed by atoms with Crippen molar-refractivity contribution in [3.63, 3.8) is 0 Å². The Kier molecular flexibility index (Phi) is 6.68. The molecule has 3 aromatic rings. The van der Waals surface area contributed by atoms with Gasteiger partial charge in [-0.1, -0.05) is 12.1 Å². The molecule has 1 amide bonds. The molecule has 3 rings (SSSR count). The molecule has 31 heavy (non-hydrogen) atoms. The molecule has 10 heteroatoms. The Morgan fingerprint density at radius 2 is 1.87 bits per heavy atom. The maximum atomic E-state index is 13.2. The monoisotopic (exact) mass is 428 g/mol. The number of ether oxygens (including phenoxy) is 2. The highest BCUT2D eigenvalue weighted by Gasteiger charge is 2.28. The minimum Gasteiger partial charge on any atom is -0.494 e. The van der Waals surface area contributed by atoms with Gasteiger partial charge >= 0.3 is 5.97 Å². The number of fused-ring (bicyclic) bond motifs is 1. The third-order valence-corrected chi connectivity index (χ3v) is 4.62. The lowest BCUT2D eigenvalue weighted by Crippen LogP contribution is -2.35. The van der Waals surface area contributed by atoms with Gasteiger partial charge in [0.1, 0.15) is 23.0 Å². The Hall–Kier alpha value is -3.69. The van der Waals surface area contributed by atoms with E-state index in [0.717, 1.165) is 0 Å². The topological polar surface area (TPSA) is 126 Å². The first kappa shape index (κ1) is 22.0. The molecule has 0 unspecified atom stereocenters. The number of hydrogen-bond acceptors (Lipinski definition) is 8. The van der Waals surface area contributed by atoms with Crippen LogP contribution in [0.25, 0.3) is 11.1 Å².